The summed E-state index contributed by atoms with van der Waals surface area (Å²) in [4.78, 5) is 4.28. The van der Waals surface area contributed by atoms with Crippen LogP contribution in [0, 0.1) is 0 Å². The standard InChI is InChI=1S/C13H11N5O2/c1-2-9(11-10(3-1)19-8-20-11)6-15-12-13-17-16-7-18(13)5-4-14-12/h1-5,7H,6,8H2,(H,14,15). The Balaban J connectivity index is 1.62. The number of ether oxygens (including phenoxy) is 2. The second kappa shape index (κ2) is 4.37. The quantitative estimate of drug-likeness (QED) is 0.776. The molecular weight excluding hydrogens is 258 g/mol. The predicted octanol–water partition coefficient (Wildman–Crippen LogP) is 1.47. The SMILES string of the molecule is c1cc(CNc2nccn3cnnc23)c2c(c1)OCO2. The second-order valence-electron chi connectivity index (χ2n) is 4.34. The average Bonchev–Trinajstić information content (AvgIpc) is 3.13. The maximum absolute atomic E-state index is 5.47. The first kappa shape index (κ1) is 11.0. The van der Waals surface area contributed by atoms with Gasteiger partial charge in [0.2, 0.25) is 12.4 Å². The lowest BCUT2D eigenvalue weighted by Gasteiger charge is -2.08. The zero-order valence-electron chi connectivity index (χ0n) is 10.5. The molecule has 1 N–H and O–H groups in total. The van der Waals surface area contributed by atoms with Crippen LogP contribution in [0.1, 0.15) is 5.56 Å². The summed E-state index contributed by atoms with van der Waals surface area (Å²) in [7, 11) is 0. The highest BCUT2D eigenvalue weighted by Gasteiger charge is 2.17. The van der Waals surface area contributed by atoms with Gasteiger partial charge in [-0.2, -0.15) is 0 Å². The van der Waals surface area contributed by atoms with Crippen molar-refractivity contribution in [2.75, 3.05) is 12.1 Å². The summed E-state index contributed by atoms with van der Waals surface area (Å²) in [5.41, 5.74) is 1.71. The summed E-state index contributed by atoms with van der Waals surface area (Å²) in [6, 6.07) is 5.82. The summed E-state index contributed by atoms with van der Waals surface area (Å²) in [5.74, 6) is 2.24. The Morgan fingerprint density at radius 1 is 1.30 bits per heavy atom. The van der Waals surface area contributed by atoms with Crippen LogP contribution in [0.2, 0.25) is 0 Å². The van der Waals surface area contributed by atoms with Crippen molar-refractivity contribution in [1.82, 2.24) is 19.6 Å². The molecule has 100 valence electrons. The molecule has 4 rings (SSSR count). The summed E-state index contributed by atoms with van der Waals surface area (Å²) < 4.78 is 12.6. The number of aromatic nitrogens is 4. The molecule has 7 nitrogen and oxygen atoms in total. The fourth-order valence-electron chi connectivity index (χ4n) is 2.19. The minimum Gasteiger partial charge on any atom is -0.454 e. The molecule has 3 aromatic rings. The van der Waals surface area contributed by atoms with E-state index in [1.54, 1.807) is 18.7 Å². The van der Waals surface area contributed by atoms with Crippen LogP contribution in [-0.4, -0.2) is 26.4 Å². The van der Waals surface area contributed by atoms with Gasteiger partial charge in [-0.3, -0.25) is 4.40 Å². The maximum Gasteiger partial charge on any atom is 0.231 e. The Bertz CT molecular complexity index is 770. The highest BCUT2D eigenvalue weighted by atomic mass is 16.7. The van der Waals surface area contributed by atoms with E-state index < -0.39 is 0 Å². The van der Waals surface area contributed by atoms with Gasteiger partial charge in [0.1, 0.15) is 6.33 Å². The Hall–Kier alpha value is -2.83. The summed E-state index contributed by atoms with van der Waals surface area (Å²) in [6.45, 7) is 0.844. The predicted molar refractivity (Wildman–Crippen MR) is 70.7 cm³/mol. The van der Waals surface area contributed by atoms with E-state index in [0.29, 0.717) is 18.0 Å². The molecule has 1 aliphatic heterocycles. The molecule has 2 aromatic heterocycles. The van der Waals surface area contributed by atoms with Crippen molar-refractivity contribution in [3.05, 3.63) is 42.5 Å². The van der Waals surface area contributed by atoms with Crippen LogP contribution in [0.5, 0.6) is 11.5 Å². The van der Waals surface area contributed by atoms with Gasteiger partial charge in [0.05, 0.1) is 0 Å². The largest absolute Gasteiger partial charge is 0.454 e. The van der Waals surface area contributed by atoms with Crippen molar-refractivity contribution in [2.24, 2.45) is 0 Å². The Morgan fingerprint density at radius 3 is 3.30 bits per heavy atom. The number of fused-ring (bicyclic) bond motifs is 2. The molecule has 0 radical (unpaired) electrons. The first-order valence-electron chi connectivity index (χ1n) is 6.17. The fraction of sp³-hybridized carbons (Fsp3) is 0.154. The van der Waals surface area contributed by atoms with E-state index in [-0.39, 0.29) is 6.79 Å². The molecule has 0 bridgehead atoms. The minimum absolute atomic E-state index is 0.268. The third-order valence-corrected chi connectivity index (χ3v) is 3.14. The van der Waals surface area contributed by atoms with E-state index in [1.165, 1.54) is 0 Å². The van der Waals surface area contributed by atoms with Crippen LogP contribution >= 0.6 is 0 Å². The van der Waals surface area contributed by atoms with Crippen molar-refractivity contribution in [3.63, 3.8) is 0 Å². The number of nitrogens with zero attached hydrogens (tertiary/aromatic N) is 4. The van der Waals surface area contributed by atoms with Crippen molar-refractivity contribution in [2.45, 2.75) is 6.54 Å². The molecule has 0 aliphatic carbocycles. The van der Waals surface area contributed by atoms with Crippen LogP contribution in [0.3, 0.4) is 0 Å². The topological polar surface area (TPSA) is 73.6 Å². The number of nitrogens with one attached hydrogen (secondary N) is 1. The molecule has 0 spiro atoms. The number of para-hydroxylation sites is 1. The highest BCUT2D eigenvalue weighted by molar-refractivity contribution is 5.62. The van der Waals surface area contributed by atoms with E-state index in [2.05, 4.69) is 20.5 Å². The number of hydrogen-bond donors (Lipinski definition) is 1. The number of rotatable bonds is 3. The van der Waals surface area contributed by atoms with Gasteiger partial charge < -0.3 is 14.8 Å². The molecule has 0 amide bonds. The Kier molecular flexibility index (Phi) is 2.41. The maximum atomic E-state index is 5.47. The smallest absolute Gasteiger partial charge is 0.231 e. The molecule has 0 atom stereocenters. The fourth-order valence-corrected chi connectivity index (χ4v) is 2.19. The van der Waals surface area contributed by atoms with Gasteiger partial charge in [0.15, 0.2) is 17.3 Å². The van der Waals surface area contributed by atoms with Crippen LogP contribution in [0.15, 0.2) is 36.9 Å². The average molecular weight is 269 g/mol. The van der Waals surface area contributed by atoms with Crippen LogP contribution in [0.25, 0.3) is 5.65 Å². The summed E-state index contributed by atoms with van der Waals surface area (Å²) in [6.07, 6.45) is 5.14. The summed E-state index contributed by atoms with van der Waals surface area (Å²) in [5, 5.41) is 11.1. The minimum atomic E-state index is 0.268. The monoisotopic (exact) mass is 269 g/mol. The normalized spacial score (nSPS) is 12.8. The van der Waals surface area contributed by atoms with E-state index in [0.717, 1.165) is 17.1 Å². The van der Waals surface area contributed by atoms with Crippen LogP contribution < -0.4 is 14.8 Å². The van der Waals surface area contributed by atoms with E-state index in [4.69, 9.17) is 9.47 Å². The lowest BCUT2D eigenvalue weighted by Crippen LogP contribution is -2.04. The van der Waals surface area contributed by atoms with E-state index in [1.807, 2.05) is 22.6 Å². The third-order valence-electron chi connectivity index (χ3n) is 3.14. The molecule has 7 heteroatoms. The van der Waals surface area contributed by atoms with Gasteiger partial charge in [0, 0.05) is 24.5 Å². The summed E-state index contributed by atoms with van der Waals surface area (Å²) >= 11 is 0. The van der Waals surface area contributed by atoms with Crippen molar-refractivity contribution in [3.8, 4) is 11.5 Å². The molecule has 0 saturated carbocycles. The van der Waals surface area contributed by atoms with E-state index in [9.17, 15) is 0 Å². The molecule has 0 fully saturated rings. The number of anilines is 1. The van der Waals surface area contributed by atoms with Gasteiger partial charge in [0.25, 0.3) is 0 Å². The number of benzene rings is 1. The Morgan fingerprint density at radius 2 is 2.30 bits per heavy atom. The van der Waals surface area contributed by atoms with Gasteiger partial charge in [-0.15, -0.1) is 10.2 Å². The molecule has 0 saturated heterocycles. The van der Waals surface area contributed by atoms with Crippen molar-refractivity contribution < 1.29 is 9.47 Å². The van der Waals surface area contributed by atoms with Gasteiger partial charge in [-0.1, -0.05) is 12.1 Å². The molecule has 0 unspecified atom stereocenters. The lowest BCUT2D eigenvalue weighted by molar-refractivity contribution is 0.173. The van der Waals surface area contributed by atoms with Gasteiger partial charge in [-0.05, 0) is 6.07 Å². The second-order valence-corrected chi connectivity index (χ2v) is 4.34. The first-order valence-corrected chi connectivity index (χ1v) is 6.17. The zero-order chi connectivity index (χ0) is 13.4. The van der Waals surface area contributed by atoms with Crippen molar-refractivity contribution in [1.29, 1.82) is 0 Å². The molecule has 1 aliphatic rings. The van der Waals surface area contributed by atoms with E-state index >= 15 is 0 Å². The Labute approximate surface area is 114 Å². The molecule has 20 heavy (non-hydrogen) atoms. The van der Waals surface area contributed by atoms with Gasteiger partial charge >= 0.3 is 0 Å². The highest BCUT2D eigenvalue weighted by Crippen LogP contribution is 2.35. The lowest BCUT2D eigenvalue weighted by atomic mass is 10.2. The van der Waals surface area contributed by atoms with Crippen LogP contribution in [0.4, 0.5) is 5.82 Å². The van der Waals surface area contributed by atoms with Crippen molar-refractivity contribution >= 4 is 11.5 Å². The molecular formula is C13H11N5O2. The third kappa shape index (κ3) is 1.71. The van der Waals surface area contributed by atoms with Gasteiger partial charge in [-0.25, -0.2) is 4.98 Å². The molecule has 1 aromatic carbocycles. The van der Waals surface area contributed by atoms with Crippen LogP contribution in [-0.2, 0) is 6.54 Å². The first-order chi connectivity index (χ1) is 9.92. The molecule has 3 heterocycles. The zero-order valence-corrected chi connectivity index (χ0v) is 10.5. The number of hydrogen-bond acceptors (Lipinski definition) is 6.